The number of carbonyl (C=O) groups is 2. The predicted molar refractivity (Wildman–Crippen MR) is 96.4 cm³/mol. The average Bonchev–Trinajstić information content (AvgIpc) is 3.35. The topological polar surface area (TPSA) is 76.0 Å². The molecule has 1 aromatic carbocycles. The van der Waals surface area contributed by atoms with Crippen molar-refractivity contribution in [3.05, 3.63) is 47.8 Å². The highest BCUT2D eigenvalue weighted by atomic mass is 16.2. The molecule has 1 heterocycles. The minimum atomic E-state index is -0.250. The van der Waals surface area contributed by atoms with Crippen molar-refractivity contribution in [1.82, 2.24) is 15.1 Å². The zero-order chi connectivity index (χ0) is 17.8. The van der Waals surface area contributed by atoms with Crippen LogP contribution < -0.4 is 10.6 Å². The molecular weight excluding hydrogens is 316 g/mol. The maximum Gasteiger partial charge on any atom is 0.273 e. The minimum absolute atomic E-state index is 0.0427. The van der Waals surface area contributed by atoms with Gasteiger partial charge >= 0.3 is 0 Å². The van der Waals surface area contributed by atoms with Gasteiger partial charge in [0.2, 0.25) is 5.91 Å². The maximum atomic E-state index is 12.6. The van der Waals surface area contributed by atoms with Gasteiger partial charge in [-0.3, -0.25) is 14.3 Å². The van der Waals surface area contributed by atoms with E-state index in [0.717, 1.165) is 12.8 Å². The van der Waals surface area contributed by atoms with Crippen LogP contribution in [0, 0.1) is 5.92 Å². The van der Waals surface area contributed by atoms with Crippen LogP contribution in [0.2, 0.25) is 0 Å². The van der Waals surface area contributed by atoms with E-state index in [1.54, 1.807) is 10.9 Å². The lowest BCUT2D eigenvalue weighted by Crippen LogP contribution is -2.26. The SMILES string of the molecule is CCCNC(=O)c1nn(CC)cc1NC(=O)C1CC1c1ccccc1. The fourth-order valence-electron chi connectivity index (χ4n) is 2.94. The summed E-state index contributed by atoms with van der Waals surface area (Å²) in [4.78, 5) is 24.8. The quantitative estimate of drug-likeness (QED) is 0.814. The van der Waals surface area contributed by atoms with E-state index in [1.807, 2.05) is 32.0 Å². The van der Waals surface area contributed by atoms with Crippen molar-refractivity contribution in [2.75, 3.05) is 11.9 Å². The first-order valence-corrected chi connectivity index (χ1v) is 8.85. The smallest absolute Gasteiger partial charge is 0.273 e. The molecule has 0 radical (unpaired) electrons. The Morgan fingerprint density at radius 3 is 2.68 bits per heavy atom. The molecule has 132 valence electrons. The molecule has 1 fully saturated rings. The van der Waals surface area contributed by atoms with Crippen molar-refractivity contribution < 1.29 is 9.59 Å². The zero-order valence-corrected chi connectivity index (χ0v) is 14.7. The number of nitrogens with one attached hydrogen (secondary N) is 2. The van der Waals surface area contributed by atoms with Gasteiger partial charge in [-0.15, -0.1) is 0 Å². The van der Waals surface area contributed by atoms with Gasteiger partial charge in [0.1, 0.15) is 0 Å². The van der Waals surface area contributed by atoms with Gasteiger partial charge in [0.25, 0.3) is 5.91 Å². The van der Waals surface area contributed by atoms with Crippen molar-refractivity contribution in [3.8, 4) is 0 Å². The summed E-state index contributed by atoms with van der Waals surface area (Å²) < 4.78 is 1.66. The molecule has 0 aliphatic heterocycles. The van der Waals surface area contributed by atoms with Gasteiger partial charge in [-0.05, 0) is 31.2 Å². The molecule has 1 aromatic heterocycles. The molecule has 0 saturated heterocycles. The fourth-order valence-corrected chi connectivity index (χ4v) is 2.94. The average molecular weight is 340 g/mol. The van der Waals surface area contributed by atoms with Crippen LogP contribution in [0.25, 0.3) is 0 Å². The Kier molecular flexibility index (Phi) is 5.16. The van der Waals surface area contributed by atoms with E-state index in [2.05, 4.69) is 27.9 Å². The highest BCUT2D eigenvalue weighted by molar-refractivity contribution is 6.03. The van der Waals surface area contributed by atoms with E-state index in [0.29, 0.717) is 18.8 Å². The number of rotatable bonds is 7. The number of aryl methyl sites for hydroxylation is 1. The number of benzene rings is 1. The van der Waals surface area contributed by atoms with Crippen LogP contribution in [0.4, 0.5) is 5.69 Å². The van der Waals surface area contributed by atoms with Crippen molar-refractivity contribution in [3.63, 3.8) is 0 Å². The summed E-state index contributed by atoms with van der Waals surface area (Å²) in [7, 11) is 0. The summed E-state index contributed by atoms with van der Waals surface area (Å²) in [6.45, 7) is 5.16. The van der Waals surface area contributed by atoms with E-state index < -0.39 is 0 Å². The predicted octanol–water partition coefficient (Wildman–Crippen LogP) is 2.79. The van der Waals surface area contributed by atoms with E-state index in [-0.39, 0.29) is 29.3 Å². The lowest BCUT2D eigenvalue weighted by molar-refractivity contribution is -0.117. The molecule has 1 saturated carbocycles. The Labute approximate surface area is 147 Å². The number of hydrogen-bond acceptors (Lipinski definition) is 3. The van der Waals surface area contributed by atoms with Gasteiger partial charge in [-0.1, -0.05) is 37.3 Å². The Morgan fingerprint density at radius 1 is 1.24 bits per heavy atom. The number of aromatic nitrogens is 2. The summed E-state index contributed by atoms with van der Waals surface area (Å²) in [5, 5.41) is 10.00. The summed E-state index contributed by atoms with van der Waals surface area (Å²) >= 11 is 0. The van der Waals surface area contributed by atoms with E-state index in [4.69, 9.17) is 0 Å². The van der Waals surface area contributed by atoms with Crippen LogP contribution in [-0.4, -0.2) is 28.1 Å². The van der Waals surface area contributed by atoms with Crippen molar-refractivity contribution in [2.24, 2.45) is 5.92 Å². The van der Waals surface area contributed by atoms with Crippen LogP contribution in [0.1, 0.15) is 48.7 Å². The number of amides is 2. The molecule has 2 aromatic rings. The largest absolute Gasteiger partial charge is 0.351 e. The second kappa shape index (κ2) is 7.51. The normalized spacial score (nSPS) is 18.6. The summed E-state index contributed by atoms with van der Waals surface area (Å²) in [6.07, 6.45) is 3.41. The molecule has 25 heavy (non-hydrogen) atoms. The lowest BCUT2D eigenvalue weighted by Gasteiger charge is -2.06. The number of carbonyl (C=O) groups excluding carboxylic acids is 2. The van der Waals surface area contributed by atoms with Crippen LogP contribution >= 0.6 is 0 Å². The molecule has 2 atom stereocenters. The molecule has 6 heteroatoms. The van der Waals surface area contributed by atoms with Crippen molar-refractivity contribution in [1.29, 1.82) is 0 Å². The van der Waals surface area contributed by atoms with E-state index >= 15 is 0 Å². The van der Waals surface area contributed by atoms with Gasteiger partial charge in [0.15, 0.2) is 5.69 Å². The third kappa shape index (κ3) is 3.90. The van der Waals surface area contributed by atoms with Gasteiger partial charge in [0.05, 0.1) is 5.69 Å². The molecule has 2 unspecified atom stereocenters. The van der Waals surface area contributed by atoms with Crippen molar-refractivity contribution >= 4 is 17.5 Å². The summed E-state index contributed by atoms with van der Waals surface area (Å²) in [5.74, 6) is -0.0764. The molecular formula is C19H24N4O2. The Hall–Kier alpha value is -2.63. The Morgan fingerprint density at radius 2 is 2.00 bits per heavy atom. The maximum absolute atomic E-state index is 12.6. The van der Waals surface area contributed by atoms with Gasteiger partial charge in [-0.2, -0.15) is 5.10 Å². The van der Waals surface area contributed by atoms with Crippen molar-refractivity contribution in [2.45, 2.75) is 39.2 Å². The lowest BCUT2D eigenvalue weighted by atomic mass is 10.1. The van der Waals surface area contributed by atoms with Gasteiger partial charge in [-0.25, -0.2) is 0 Å². The summed E-state index contributed by atoms with van der Waals surface area (Å²) in [6, 6.07) is 10.1. The first-order valence-electron chi connectivity index (χ1n) is 8.85. The Bertz CT molecular complexity index is 754. The molecule has 3 rings (SSSR count). The number of nitrogens with zero attached hydrogens (tertiary/aromatic N) is 2. The molecule has 1 aliphatic carbocycles. The van der Waals surface area contributed by atoms with Crippen LogP contribution in [0.5, 0.6) is 0 Å². The van der Waals surface area contributed by atoms with Crippen LogP contribution in [-0.2, 0) is 11.3 Å². The third-order valence-electron chi connectivity index (χ3n) is 4.45. The second-order valence-electron chi connectivity index (χ2n) is 6.35. The monoisotopic (exact) mass is 340 g/mol. The van der Waals surface area contributed by atoms with E-state index in [1.165, 1.54) is 5.56 Å². The molecule has 2 N–H and O–H groups in total. The fraction of sp³-hybridized carbons (Fsp3) is 0.421. The molecule has 2 amide bonds. The number of hydrogen-bond donors (Lipinski definition) is 2. The molecule has 0 bridgehead atoms. The summed E-state index contributed by atoms with van der Waals surface area (Å²) in [5.41, 5.74) is 1.95. The highest BCUT2D eigenvalue weighted by Crippen LogP contribution is 2.47. The second-order valence-corrected chi connectivity index (χ2v) is 6.35. The first-order chi connectivity index (χ1) is 12.1. The zero-order valence-electron chi connectivity index (χ0n) is 14.7. The third-order valence-corrected chi connectivity index (χ3v) is 4.45. The van der Waals surface area contributed by atoms with Gasteiger partial charge in [0, 0.05) is 25.2 Å². The minimum Gasteiger partial charge on any atom is -0.351 e. The van der Waals surface area contributed by atoms with Gasteiger partial charge < -0.3 is 10.6 Å². The molecule has 6 nitrogen and oxygen atoms in total. The first kappa shape index (κ1) is 17.2. The number of anilines is 1. The standard InChI is InChI=1S/C19H24N4O2/c1-3-10-20-19(25)17-16(12-23(4-2)22-17)21-18(24)15-11-14(15)13-8-6-5-7-9-13/h5-9,12,14-15H,3-4,10-11H2,1-2H3,(H,20,25)(H,21,24). The molecule has 0 spiro atoms. The Balaban J connectivity index is 1.69. The highest BCUT2D eigenvalue weighted by Gasteiger charge is 2.44. The van der Waals surface area contributed by atoms with E-state index in [9.17, 15) is 9.59 Å². The molecule has 1 aliphatic rings. The van der Waals surface area contributed by atoms with Crippen LogP contribution in [0.15, 0.2) is 36.5 Å². The van der Waals surface area contributed by atoms with Crippen LogP contribution in [0.3, 0.4) is 0 Å².